The van der Waals surface area contributed by atoms with Crippen LogP contribution in [0.2, 0.25) is 0 Å². The van der Waals surface area contributed by atoms with E-state index in [-0.39, 0.29) is 11.3 Å². The lowest BCUT2D eigenvalue weighted by molar-refractivity contribution is -0.139. The van der Waals surface area contributed by atoms with E-state index in [2.05, 4.69) is 10.4 Å². The molecule has 1 aliphatic heterocycles. The van der Waals surface area contributed by atoms with Gasteiger partial charge in [0.1, 0.15) is 0 Å². The van der Waals surface area contributed by atoms with Crippen molar-refractivity contribution in [3.63, 3.8) is 0 Å². The number of halogens is 4. The van der Waals surface area contributed by atoms with Crippen LogP contribution >= 0.6 is 0 Å². The summed E-state index contributed by atoms with van der Waals surface area (Å²) >= 11 is 0. The summed E-state index contributed by atoms with van der Waals surface area (Å²) in [5.41, 5.74) is 2.26. The molecule has 226 valence electrons. The molecule has 0 atom stereocenters. The first-order chi connectivity index (χ1) is 19.7. The van der Waals surface area contributed by atoms with Gasteiger partial charge in [-0.1, -0.05) is 6.07 Å². The molecule has 0 aliphatic carbocycles. The number of aromatic nitrogens is 2. The summed E-state index contributed by atoms with van der Waals surface area (Å²) in [4.78, 5) is 18.7. The molecule has 2 heterocycles. The highest BCUT2D eigenvalue weighted by Crippen LogP contribution is 2.37. The van der Waals surface area contributed by atoms with Crippen LogP contribution in [0.15, 0.2) is 42.7 Å². The molecule has 1 saturated heterocycles. The second-order valence-corrected chi connectivity index (χ2v) is 10.7. The molecule has 3 aromatic rings. The first kappa shape index (κ1) is 30.8. The van der Waals surface area contributed by atoms with Crippen LogP contribution in [0.3, 0.4) is 0 Å². The molecule has 1 aromatic heterocycles. The number of aryl methyl sites for hydroxylation is 2. The predicted octanol–water partition coefficient (Wildman–Crippen LogP) is 4.44. The molecule has 0 unspecified atom stereocenters. The SMILES string of the molecule is Cc1ccc(NC(=O)c2cc(N3CCN(C)CC3)c(F)c(C(F)(F)F)c2)cc1N(N)/C=C(/c1cnn(C)c1C)N(C)C. The number of likely N-dealkylation sites (N-methyl/N-ethyl adjacent to an activating group) is 1. The van der Waals surface area contributed by atoms with Gasteiger partial charge in [-0.25, -0.2) is 10.2 Å². The van der Waals surface area contributed by atoms with Crippen molar-refractivity contribution in [3.05, 3.63) is 76.5 Å². The highest BCUT2D eigenvalue weighted by Gasteiger charge is 2.37. The standard InChI is InChI=1S/C29H36F4N8O/c1-18-7-8-21(15-24(18)41(34)17-26(37(3)4)22-16-35-39(6)19(22)2)36-28(42)20-13-23(29(31,32)33)27(30)25(14-20)40-11-9-38(5)10-12-40/h7-8,13-17H,9-12,34H2,1-6H3,(H,36,42)/b26-17-. The van der Waals surface area contributed by atoms with E-state index in [0.717, 1.165) is 22.5 Å². The van der Waals surface area contributed by atoms with Crippen molar-refractivity contribution < 1.29 is 22.4 Å². The molecule has 0 saturated carbocycles. The monoisotopic (exact) mass is 588 g/mol. The minimum atomic E-state index is -4.97. The largest absolute Gasteiger partial charge is 0.419 e. The average molecular weight is 589 g/mol. The average Bonchev–Trinajstić information content (AvgIpc) is 3.25. The number of anilines is 3. The number of hydrazine groups is 1. The zero-order valence-electron chi connectivity index (χ0n) is 24.6. The Balaban J connectivity index is 1.65. The maximum absolute atomic E-state index is 15.1. The van der Waals surface area contributed by atoms with Crippen molar-refractivity contribution >= 4 is 28.7 Å². The number of rotatable bonds is 7. The zero-order valence-corrected chi connectivity index (χ0v) is 24.6. The Hall–Kier alpha value is -4.10. The molecule has 42 heavy (non-hydrogen) atoms. The molecule has 0 radical (unpaired) electrons. The summed E-state index contributed by atoms with van der Waals surface area (Å²) < 4.78 is 58.2. The third kappa shape index (κ3) is 6.52. The second kappa shape index (κ2) is 12.0. The third-order valence-electron chi connectivity index (χ3n) is 7.46. The molecule has 3 N–H and O–H groups in total. The number of nitrogens with two attached hydrogens (primary N) is 1. The van der Waals surface area contributed by atoms with Crippen molar-refractivity contribution in [2.24, 2.45) is 12.9 Å². The Morgan fingerprint density at radius 3 is 2.31 bits per heavy atom. The van der Waals surface area contributed by atoms with Gasteiger partial charge in [0.05, 0.1) is 28.8 Å². The summed E-state index contributed by atoms with van der Waals surface area (Å²) in [7, 11) is 7.48. The first-order valence-electron chi connectivity index (χ1n) is 13.4. The van der Waals surface area contributed by atoms with Gasteiger partial charge in [0, 0.05) is 76.0 Å². The molecule has 9 nitrogen and oxygen atoms in total. The van der Waals surface area contributed by atoms with Gasteiger partial charge in [0.2, 0.25) is 0 Å². The van der Waals surface area contributed by atoms with Gasteiger partial charge >= 0.3 is 6.18 Å². The van der Waals surface area contributed by atoms with E-state index < -0.39 is 23.5 Å². The Morgan fingerprint density at radius 2 is 1.74 bits per heavy atom. The number of amides is 1. The number of piperazine rings is 1. The summed E-state index contributed by atoms with van der Waals surface area (Å²) in [5.74, 6) is 4.27. The van der Waals surface area contributed by atoms with Crippen molar-refractivity contribution in [1.82, 2.24) is 19.6 Å². The lowest BCUT2D eigenvalue weighted by Gasteiger charge is -2.34. The summed E-state index contributed by atoms with van der Waals surface area (Å²) in [5, 5.41) is 8.37. The molecule has 1 amide bonds. The number of hydrogen-bond donors (Lipinski definition) is 2. The molecule has 1 fully saturated rings. The predicted molar refractivity (Wildman–Crippen MR) is 157 cm³/mol. The van der Waals surface area contributed by atoms with Crippen LogP contribution in [0, 0.1) is 19.7 Å². The van der Waals surface area contributed by atoms with E-state index in [0.29, 0.717) is 43.6 Å². The van der Waals surface area contributed by atoms with E-state index in [9.17, 15) is 18.0 Å². The number of benzene rings is 2. The number of carbonyl (C=O) groups excluding carboxylic acids is 1. The van der Waals surface area contributed by atoms with Crippen molar-refractivity contribution in [2.45, 2.75) is 20.0 Å². The van der Waals surface area contributed by atoms with Crippen LogP contribution in [0.1, 0.15) is 32.7 Å². The Bertz CT molecular complexity index is 1490. The number of hydrogen-bond acceptors (Lipinski definition) is 7. The molecule has 0 bridgehead atoms. The fourth-order valence-corrected chi connectivity index (χ4v) is 4.77. The molecule has 0 spiro atoms. The van der Waals surface area contributed by atoms with E-state index >= 15 is 4.39 Å². The van der Waals surface area contributed by atoms with Crippen LogP contribution in [0.25, 0.3) is 5.70 Å². The van der Waals surface area contributed by atoms with Gasteiger partial charge in [-0.15, -0.1) is 0 Å². The van der Waals surface area contributed by atoms with Gasteiger partial charge in [-0.3, -0.25) is 14.5 Å². The van der Waals surface area contributed by atoms with Gasteiger partial charge in [0.15, 0.2) is 5.82 Å². The Kier molecular flexibility index (Phi) is 8.83. The van der Waals surface area contributed by atoms with Crippen molar-refractivity contribution in [3.8, 4) is 0 Å². The van der Waals surface area contributed by atoms with Gasteiger partial charge in [0.25, 0.3) is 5.91 Å². The normalized spacial score (nSPS) is 14.7. The first-order valence-corrected chi connectivity index (χ1v) is 13.4. The van der Waals surface area contributed by atoms with Crippen molar-refractivity contribution in [1.29, 1.82) is 0 Å². The number of alkyl halides is 3. The molecule has 2 aromatic carbocycles. The number of nitrogens with one attached hydrogen (secondary N) is 1. The van der Waals surface area contributed by atoms with E-state index in [4.69, 9.17) is 5.84 Å². The van der Waals surface area contributed by atoms with E-state index in [1.807, 2.05) is 51.8 Å². The Labute approximate surface area is 242 Å². The van der Waals surface area contributed by atoms with Crippen molar-refractivity contribution in [2.75, 3.05) is 62.5 Å². The fourth-order valence-electron chi connectivity index (χ4n) is 4.77. The summed E-state index contributed by atoms with van der Waals surface area (Å²) in [6.07, 6.45) is -1.50. The van der Waals surface area contributed by atoms with Crippen LogP contribution in [0.5, 0.6) is 0 Å². The molecule has 13 heteroatoms. The molecular formula is C29H36F4N8O. The molecule has 4 rings (SSSR count). The Morgan fingerprint density at radius 1 is 1.07 bits per heavy atom. The van der Waals surface area contributed by atoms with Gasteiger partial charge in [-0.05, 0) is 50.7 Å². The highest BCUT2D eigenvalue weighted by atomic mass is 19.4. The van der Waals surface area contributed by atoms with Crippen LogP contribution in [0.4, 0.5) is 34.6 Å². The third-order valence-corrected chi connectivity index (χ3v) is 7.46. The summed E-state index contributed by atoms with van der Waals surface area (Å²) in [6, 6.07) is 6.73. The van der Waals surface area contributed by atoms with Gasteiger partial charge < -0.3 is 20.0 Å². The summed E-state index contributed by atoms with van der Waals surface area (Å²) in [6.45, 7) is 5.58. The lowest BCUT2D eigenvalue weighted by Crippen LogP contribution is -2.45. The minimum Gasteiger partial charge on any atom is -0.376 e. The second-order valence-electron chi connectivity index (χ2n) is 10.7. The molecule has 1 aliphatic rings. The lowest BCUT2D eigenvalue weighted by atomic mass is 10.1. The van der Waals surface area contributed by atoms with Crippen LogP contribution in [-0.2, 0) is 13.2 Å². The van der Waals surface area contributed by atoms with E-state index in [1.54, 1.807) is 35.3 Å². The van der Waals surface area contributed by atoms with E-state index in [1.165, 1.54) is 16.0 Å². The van der Waals surface area contributed by atoms with Gasteiger partial charge in [-0.2, -0.15) is 18.3 Å². The van der Waals surface area contributed by atoms with Crippen LogP contribution in [-0.4, -0.2) is 72.8 Å². The zero-order chi connectivity index (χ0) is 30.9. The number of carbonyl (C=O) groups is 1. The highest BCUT2D eigenvalue weighted by molar-refractivity contribution is 6.05. The van der Waals surface area contributed by atoms with Crippen LogP contribution < -0.4 is 21.1 Å². The fraction of sp³-hybridized carbons (Fsp3) is 0.379. The topological polar surface area (TPSA) is 85.9 Å². The maximum atomic E-state index is 15.1. The quantitative estimate of drug-likeness (QED) is 0.240. The minimum absolute atomic E-state index is 0.243. The smallest absolute Gasteiger partial charge is 0.376 e. The molecular weight excluding hydrogens is 552 g/mol. The number of nitrogens with zero attached hydrogens (tertiary/aromatic N) is 6. The maximum Gasteiger partial charge on any atom is 0.419 e.